The van der Waals surface area contributed by atoms with E-state index in [4.69, 9.17) is 17.0 Å². The molecule has 2 aromatic rings. The Morgan fingerprint density at radius 1 is 1.43 bits per heavy atom. The fraction of sp³-hybridized carbons (Fsp3) is 0.400. The van der Waals surface area contributed by atoms with Crippen molar-refractivity contribution in [1.82, 2.24) is 15.1 Å². The average Bonchev–Trinajstić information content (AvgIpc) is 2.95. The van der Waals surface area contributed by atoms with Crippen molar-refractivity contribution < 1.29 is 9.53 Å². The highest BCUT2D eigenvalue weighted by Crippen LogP contribution is 2.32. The topological polar surface area (TPSA) is 68.2 Å². The molecule has 0 radical (unpaired) electrons. The number of hydrogen-bond acceptors (Lipinski definition) is 5. The Kier molecular flexibility index (Phi) is 5.38. The van der Waals surface area contributed by atoms with Crippen LogP contribution >= 0.6 is 23.6 Å². The van der Waals surface area contributed by atoms with Crippen LogP contribution in [0, 0.1) is 20.8 Å². The monoisotopic (exact) mass is 352 g/mol. The Balaban J connectivity index is 2.07. The summed E-state index contributed by atoms with van der Waals surface area (Å²) in [5.74, 6) is -0.361. The van der Waals surface area contributed by atoms with Crippen LogP contribution in [0.1, 0.15) is 32.1 Å². The first-order valence-corrected chi connectivity index (χ1v) is 8.28. The minimum atomic E-state index is -0.361. The number of aromatic nitrogens is 2. The molecule has 0 aromatic carbocycles. The van der Waals surface area contributed by atoms with Gasteiger partial charge in [-0.2, -0.15) is 5.10 Å². The molecule has 8 heteroatoms. The van der Waals surface area contributed by atoms with Crippen LogP contribution in [-0.2, 0) is 18.3 Å². The largest absolute Gasteiger partial charge is 0.465 e. The summed E-state index contributed by atoms with van der Waals surface area (Å²) in [6, 6.07) is 0. The highest BCUT2D eigenvalue weighted by molar-refractivity contribution is 7.80. The van der Waals surface area contributed by atoms with Crippen LogP contribution in [0.5, 0.6) is 0 Å². The van der Waals surface area contributed by atoms with Crippen molar-refractivity contribution in [2.45, 2.75) is 27.3 Å². The van der Waals surface area contributed by atoms with Crippen LogP contribution in [0.15, 0.2) is 6.20 Å². The highest BCUT2D eigenvalue weighted by Gasteiger charge is 2.20. The predicted octanol–water partition coefficient (Wildman–Crippen LogP) is 2.68. The Bertz CT molecular complexity index is 749. The Morgan fingerprint density at radius 3 is 2.70 bits per heavy atom. The summed E-state index contributed by atoms with van der Waals surface area (Å²) in [5.41, 5.74) is 3.48. The Labute approximate surface area is 144 Å². The van der Waals surface area contributed by atoms with Crippen molar-refractivity contribution in [2.24, 2.45) is 7.05 Å². The SMILES string of the molecule is COC(=O)c1c(NC(=S)NCc2cn(C)nc2C)sc(C)c1C. The molecule has 6 nitrogen and oxygen atoms in total. The second-order valence-corrected chi connectivity index (χ2v) is 6.83. The number of anilines is 1. The number of rotatable bonds is 4. The lowest BCUT2D eigenvalue weighted by Crippen LogP contribution is -2.28. The molecule has 0 unspecified atom stereocenters. The summed E-state index contributed by atoms with van der Waals surface area (Å²) < 4.78 is 6.62. The van der Waals surface area contributed by atoms with Gasteiger partial charge in [-0.25, -0.2) is 4.79 Å². The third kappa shape index (κ3) is 3.89. The smallest absolute Gasteiger partial charge is 0.341 e. The quantitative estimate of drug-likeness (QED) is 0.651. The number of nitrogens with zero attached hydrogens (tertiary/aromatic N) is 2. The molecular weight excluding hydrogens is 332 g/mol. The predicted molar refractivity (Wildman–Crippen MR) is 96.1 cm³/mol. The van der Waals surface area contributed by atoms with Crippen molar-refractivity contribution in [3.05, 3.63) is 33.5 Å². The van der Waals surface area contributed by atoms with Crippen LogP contribution in [0.3, 0.4) is 0 Å². The minimum absolute atomic E-state index is 0.361. The number of carbonyl (C=O) groups is 1. The van der Waals surface area contributed by atoms with E-state index in [0.29, 0.717) is 22.2 Å². The number of thiophene rings is 1. The lowest BCUT2D eigenvalue weighted by molar-refractivity contribution is 0.0601. The molecule has 2 heterocycles. The van der Waals surface area contributed by atoms with Gasteiger partial charge in [0.15, 0.2) is 5.11 Å². The first-order valence-electron chi connectivity index (χ1n) is 7.05. The maximum absolute atomic E-state index is 11.9. The number of carbonyl (C=O) groups excluding carboxylic acids is 1. The normalized spacial score (nSPS) is 10.5. The lowest BCUT2D eigenvalue weighted by atomic mass is 10.1. The van der Waals surface area contributed by atoms with Crippen molar-refractivity contribution in [1.29, 1.82) is 0 Å². The molecule has 0 saturated heterocycles. The van der Waals surface area contributed by atoms with E-state index in [1.54, 1.807) is 4.68 Å². The molecule has 2 rings (SSSR count). The van der Waals surface area contributed by atoms with Gasteiger partial charge in [0, 0.05) is 30.2 Å². The number of aryl methyl sites for hydroxylation is 3. The molecule has 0 atom stereocenters. The van der Waals surface area contributed by atoms with Crippen molar-refractivity contribution in [3.63, 3.8) is 0 Å². The molecule has 0 amide bonds. The summed E-state index contributed by atoms with van der Waals surface area (Å²) in [6.45, 7) is 6.39. The molecular formula is C15H20N4O2S2. The Hall–Kier alpha value is -1.93. The van der Waals surface area contributed by atoms with E-state index in [9.17, 15) is 4.79 Å². The van der Waals surface area contributed by atoms with Gasteiger partial charge in [0.2, 0.25) is 0 Å². The first-order chi connectivity index (χ1) is 10.8. The van der Waals surface area contributed by atoms with Crippen molar-refractivity contribution in [2.75, 3.05) is 12.4 Å². The van der Waals surface area contributed by atoms with Gasteiger partial charge in [0.25, 0.3) is 0 Å². The number of ether oxygens (including phenoxy) is 1. The zero-order chi connectivity index (χ0) is 17.1. The summed E-state index contributed by atoms with van der Waals surface area (Å²) in [6.07, 6.45) is 1.95. The van der Waals surface area contributed by atoms with Gasteiger partial charge in [-0.05, 0) is 38.6 Å². The van der Waals surface area contributed by atoms with Gasteiger partial charge in [-0.1, -0.05) is 0 Å². The third-order valence-electron chi connectivity index (χ3n) is 3.56. The number of thiocarbonyl (C=S) groups is 1. The van der Waals surface area contributed by atoms with Crippen LogP contribution in [0.2, 0.25) is 0 Å². The molecule has 0 aliphatic rings. The summed E-state index contributed by atoms with van der Waals surface area (Å²) in [4.78, 5) is 13.0. The fourth-order valence-corrected chi connectivity index (χ4v) is 3.50. The van der Waals surface area contributed by atoms with Crippen LogP contribution < -0.4 is 10.6 Å². The van der Waals surface area contributed by atoms with Gasteiger partial charge in [0.05, 0.1) is 18.4 Å². The second kappa shape index (κ2) is 7.10. The minimum Gasteiger partial charge on any atom is -0.465 e. The van der Waals surface area contributed by atoms with E-state index in [-0.39, 0.29) is 5.97 Å². The average molecular weight is 352 g/mol. The standard InChI is InChI=1S/C15H20N4O2S2/c1-8-10(3)23-13(12(8)14(20)21-5)17-15(22)16-6-11-7-19(4)18-9(11)2/h7H,6H2,1-5H3,(H2,16,17,22). The zero-order valence-corrected chi connectivity index (χ0v) is 15.4. The van der Waals surface area contributed by atoms with E-state index in [0.717, 1.165) is 21.7 Å². The molecule has 2 N–H and O–H groups in total. The van der Waals surface area contributed by atoms with E-state index < -0.39 is 0 Å². The lowest BCUT2D eigenvalue weighted by Gasteiger charge is -2.10. The first kappa shape index (κ1) is 17.4. The van der Waals surface area contributed by atoms with Gasteiger partial charge in [0.1, 0.15) is 5.00 Å². The van der Waals surface area contributed by atoms with Crippen LogP contribution in [0.4, 0.5) is 5.00 Å². The highest BCUT2D eigenvalue weighted by atomic mass is 32.1. The number of esters is 1. The molecule has 0 aliphatic heterocycles. The summed E-state index contributed by atoms with van der Waals surface area (Å²) >= 11 is 6.81. The molecule has 23 heavy (non-hydrogen) atoms. The molecule has 0 spiro atoms. The second-order valence-electron chi connectivity index (χ2n) is 5.20. The number of nitrogens with one attached hydrogen (secondary N) is 2. The van der Waals surface area contributed by atoms with E-state index >= 15 is 0 Å². The van der Waals surface area contributed by atoms with E-state index in [2.05, 4.69) is 15.7 Å². The summed E-state index contributed by atoms with van der Waals surface area (Å²) in [5, 5.41) is 11.7. The molecule has 0 bridgehead atoms. The third-order valence-corrected chi connectivity index (χ3v) is 4.93. The molecule has 2 aromatic heterocycles. The van der Waals surface area contributed by atoms with Crippen LogP contribution in [-0.4, -0.2) is 28.0 Å². The fourth-order valence-electron chi connectivity index (χ4n) is 2.21. The maximum Gasteiger partial charge on any atom is 0.341 e. The van der Waals surface area contributed by atoms with Gasteiger partial charge < -0.3 is 15.4 Å². The maximum atomic E-state index is 11.9. The van der Waals surface area contributed by atoms with E-state index in [1.165, 1.54) is 18.4 Å². The van der Waals surface area contributed by atoms with Gasteiger partial charge in [-0.3, -0.25) is 4.68 Å². The van der Waals surface area contributed by atoms with Gasteiger partial charge in [-0.15, -0.1) is 11.3 Å². The molecule has 0 aliphatic carbocycles. The molecule has 0 fully saturated rings. The molecule has 0 saturated carbocycles. The zero-order valence-electron chi connectivity index (χ0n) is 13.8. The van der Waals surface area contributed by atoms with E-state index in [1.807, 2.05) is 34.0 Å². The number of hydrogen-bond donors (Lipinski definition) is 2. The van der Waals surface area contributed by atoms with Gasteiger partial charge >= 0.3 is 5.97 Å². The van der Waals surface area contributed by atoms with Crippen LogP contribution in [0.25, 0.3) is 0 Å². The number of methoxy groups -OCH3 is 1. The van der Waals surface area contributed by atoms with Crippen molar-refractivity contribution in [3.8, 4) is 0 Å². The molecule has 124 valence electrons. The van der Waals surface area contributed by atoms with Crippen molar-refractivity contribution >= 4 is 39.6 Å². The summed E-state index contributed by atoms with van der Waals surface area (Å²) in [7, 11) is 3.26. The Morgan fingerprint density at radius 2 is 2.13 bits per heavy atom.